The highest BCUT2D eigenvalue weighted by molar-refractivity contribution is 6.00. The van der Waals surface area contributed by atoms with Gasteiger partial charge in [0, 0.05) is 18.8 Å². The Morgan fingerprint density at radius 3 is 2.89 bits per heavy atom. The molecule has 1 spiro atoms. The van der Waals surface area contributed by atoms with Crippen molar-refractivity contribution in [1.82, 2.24) is 25.2 Å². The summed E-state index contributed by atoms with van der Waals surface area (Å²) in [6.07, 6.45) is 4.55. The van der Waals surface area contributed by atoms with E-state index in [2.05, 4.69) is 32.1 Å². The number of nitrogens with zero attached hydrogens (tertiary/aromatic N) is 4. The molecular weight excluding hydrogens is 461 g/mol. The smallest absolute Gasteiger partial charge is 0.255 e. The van der Waals surface area contributed by atoms with Crippen LogP contribution in [0.25, 0.3) is 16.9 Å². The first-order valence-corrected chi connectivity index (χ1v) is 12.2. The number of hydrogen-bond acceptors (Lipinski definition) is 7. The van der Waals surface area contributed by atoms with E-state index in [1.54, 1.807) is 10.6 Å². The van der Waals surface area contributed by atoms with Gasteiger partial charge in [0.25, 0.3) is 5.91 Å². The molecule has 36 heavy (non-hydrogen) atoms. The SMILES string of the molecule is CC(C)(O)[C@H](F)CNC(=O)c1cnc(-c2ccc3cc(C#N)cnn23)cc1NC1CC2(CCNC2)C1. The molecule has 2 aliphatic rings. The van der Waals surface area contributed by atoms with Crippen LogP contribution in [0.2, 0.25) is 0 Å². The second-order valence-corrected chi connectivity index (χ2v) is 10.5. The fourth-order valence-corrected chi connectivity index (χ4v) is 5.13. The third kappa shape index (κ3) is 4.64. The van der Waals surface area contributed by atoms with Gasteiger partial charge in [-0.05, 0) is 69.3 Å². The van der Waals surface area contributed by atoms with Crippen LogP contribution in [0, 0.1) is 16.7 Å². The molecule has 0 bridgehead atoms. The molecule has 9 nitrogen and oxygen atoms in total. The van der Waals surface area contributed by atoms with Crippen LogP contribution in [-0.2, 0) is 0 Å². The highest BCUT2D eigenvalue weighted by Gasteiger charge is 2.46. The number of halogens is 1. The number of carbonyl (C=O) groups excluding carboxylic acids is 1. The summed E-state index contributed by atoms with van der Waals surface area (Å²) in [7, 11) is 0. The summed E-state index contributed by atoms with van der Waals surface area (Å²) in [6.45, 7) is 4.48. The molecule has 0 unspecified atom stereocenters. The first-order chi connectivity index (χ1) is 17.2. The van der Waals surface area contributed by atoms with Crippen molar-refractivity contribution >= 4 is 17.1 Å². The maximum absolute atomic E-state index is 14.3. The Balaban J connectivity index is 1.43. The number of alkyl halides is 1. The van der Waals surface area contributed by atoms with Crippen molar-refractivity contribution in [3.05, 3.63) is 47.8 Å². The highest BCUT2D eigenvalue weighted by Crippen LogP contribution is 2.47. The van der Waals surface area contributed by atoms with Crippen molar-refractivity contribution in [1.29, 1.82) is 5.26 Å². The molecule has 2 fully saturated rings. The number of aromatic nitrogens is 3. The Bertz CT molecular complexity index is 1330. The van der Waals surface area contributed by atoms with E-state index in [9.17, 15) is 14.3 Å². The number of nitrogens with one attached hydrogen (secondary N) is 3. The number of carbonyl (C=O) groups is 1. The molecule has 5 rings (SSSR count). The van der Waals surface area contributed by atoms with Gasteiger partial charge in [-0.25, -0.2) is 8.91 Å². The average Bonchev–Trinajstić information content (AvgIpc) is 3.48. The van der Waals surface area contributed by atoms with Gasteiger partial charge in [-0.2, -0.15) is 10.4 Å². The van der Waals surface area contributed by atoms with E-state index in [1.807, 2.05) is 18.2 Å². The quantitative estimate of drug-likeness (QED) is 0.400. The van der Waals surface area contributed by atoms with Crippen LogP contribution in [0.4, 0.5) is 10.1 Å². The van der Waals surface area contributed by atoms with E-state index in [4.69, 9.17) is 5.26 Å². The molecular formula is C26H30FN7O2. The standard InChI is InChI=1S/C26H30FN7O2/c1-25(2,36)23(27)14-31-24(35)19-13-30-21(22-4-3-18-7-16(11-28)12-32-34(18)22)8-20(19)33-17-9-26(10-17)5-6-29-15-26/h3-4,7-8,12-13,17,23,29,36H,5-6,9-10,14-15H2,1-2H3,(H,30,33)(H,31,35)/t17?,23-,26?/m1/s1. The van der Waals surface area contributed by atoms with Gasteiger partial charge in [0.15, 0.2) is 0 Å². The monoisotopic (exact) mass is 491 g/mol. The van der Waals surface area contributed by atoms with Crippen LogP contribution in [0.3, 0.4) is 0 Å². The third-order valence-corrected chi connectivity index (χ3v) is 7.30. The van der Waals surface area contributed by atoms with Gasteiger partial charge in [-0.3, -0.25) is 9.78 Å². The lowest BCUT2D eigenvalue weighted by molar-refractivity contribution is -0.00177. The van der Waals surface area contributed by atoms with Crippen molar-refractivity contribution in [3.63, 3.8) is 0 Å². The van der Waals surface area contributed by atoms with Crippen molar-refractivity contribution in [2.75, 3.05) is 25.0 Å². The number of amides is 1. The molecule has 4 heterocycles. The molecule has 3 aromatic heterocycles. The molecule has 1 atom stereocenters. The second kappa shape index (κ2) is 9.15. The molecule has 0 radical (unpaired) electrons. The Morgan fingerprint density at radius 2 is 2.19 bits per heavy atom. The topological polar surface area (TPSA) is 127 Å². The minimum atomic E-state index is -1.61. The molecule has 1 aliphatic carbocycles. The van der Waals surface area contributed by atoms with E-state index in [0.29, 0.717) is 27.9 Å². The Labute approximate surface area is 208 Å². The fourth-order valence-electron chi connectivity index (χ4n) is 5.13. The minimum Gasteiger partial charge on any atom is -0.387 e. The lowest BCUT2D eigenvalue weighted by Gasteiger charge is -2.45. The van der Waals surface area contributed by atoms with Crippen molar-refractivity contribution in [2.45, 2.75) is 50.9 Å². The van der Waals surface area contributed by atoms with Crippen molar-refractivity contribution < 1.29 is 14.3 Å². The number of nitriles is 1. The highest BCUT2D eigenvalue weighted by atomic mass is 19.1. The van der Waals surface area contributed by atoms with Gasteiger partial charge in [-0.1, -0.05) is 0 Å². The summed E-state index contributed by atoms with van der Waals surface area (Å²) in [5.74, 6) is -0.461. The zero-order chi connectivity index (χ0) is 25.5. The average molecular weight is 492 g/mol. The maximum atomic E-state index is 14.3. The minimum absolute atomic E-state index is 0.220. The normalized spacial score (nSPS) is 22.2. The number of anilines is 1. The lowest BCUT2D eigenvalue weighted by atomic mass is 9.65. The molecule has 1 amide bonds. The predicted octanol–water partition coefficient (Wildman–Crippen LogP) is 2.66. The molecule has 10 heteroatoms. The second-order valence-electron chi connectivity index (χ2n) is 10.5. The largest absolute Gasteiger partial charge is 0.387 e. The van der Waals surface area contributed by atoms with Crippen LogP contribution in [-0.4, -0.2) is 63.1 Å². The fraction of sp³-hybridized carbons (Fsp3) is 0.462. The first-order valence-electron chi connectivity index (χ1n) is 12.2. The van der Waals surface area contributed by atoms with Crippen molar-refractivity contribution in [2.24, 2.45) is 5.41 Å². The van der Waals surface area contributed by atoms with Gasteiger partial charge in [0.2, 0.25) is 0 Å². The maximum Gasteiger partial charge on any atom is 0.255 e. The Morgan fingerprint density at radius 1 is 1.39 bits per heavy atom. The summed E-state index contributed by atoms with van der Waals surface area (Å²) in [6, 6.07) is 9.60. The lowest BCUT2D eigenvalue weighted by Crippen LogP contribution is -2.46. The number of pyridine rings is 1. The van der Waals surface area contributed by atoms with Crippen LogP contribution in [0.1, 0.15) is 49.0 Å². The zero-order valence-electron chi connectivity index (χ0n) is 20.4. The Hall–Kier alpha value is -3.55. The third-order valence-electron chi connectivity index (χ3n) is 7.30. The summed E-state index contributed by atoms with van der Waals surface area (Å²) in [5.41, 5.74) is 2.26. The zero-order valence-corrected chi connectivity index (χ0v) is 20.4. The molecule has 188 valence electrons. The number of hydrogen-bond donors (Lipinski definition) is 4. The van der Waals surface area contributed by atoms with Crippen LogP contribution < -0.4 is 16.0 Å². The summed E-state index contributed by atoms with van der Waals surface area (Å²) < 4.78 is 16.0. The van der Waals surface area contributed by atoms with Crippen LogP contribution in [0.5, 0.6) is 0 Å². The van der Waals surface area contributed by atoms with Gasteiger partial charge >= 0.3 is 0 Å². The van der Waals surface area contributed by atoms with Gasteiger partial charge in [-0.15, -0.1) is 0 Å². The van der Waals surface area contributed by atoms with Gasteiger partial charge in [0.1, 0.15) is 12.2 Å². The van der Waals surface area contributed by atoms with E-state index >= 15 is 0 Å². The molecule has 1 aliphatic heterocycles. The van der Waals surface area contributed by atoms with Crippen molar-refractivity contribution in [3.8, 4) is 17.5 Å². The molecule has 4 N–H and O–H groups in total. The van der Waals surface area contributed by atoms with E-state index in [-0.39, 0.29) is 12.6 Å². The van der Waals surface area contributed by atoms with Crippen LogP contribution >= 0.6 is 0 Å². The summed E-state index contributed by atoms with van der Waals surface area (Å²) in [5, 5.41) is 32.9. The van der Waals surface area contributed by atoms with Gasteiger partial charge in [0.05, 0.1) is 52.1 Å². The Kier molecular flexibility index (Phi) is 6.14. The number of aliphatic hydroxyl groups is 1. The molecule has 3 aromatic rings. The summed E-state index contributed by atoms with van der Waals surface area (Å²) >= 11 is 0. The van der Waals surface area contributed by atoms with Gasteiger partial charge < -0.3 is 21.1 Å². The van der Waals surface area contributed by atoms with E-state index in [1.165, 1.54) is 26.2 Å². The van der Waals surface area contributed by atoms with E-state index in [0.717, 1.165) is 43.6 Å². The van der Waals surface area contributed by atoms with E-state index < -0.39 is 17.7 Å². The first kappa shape index (κ1) is 24.2. The number of fused-ring (bicyclic) bond motifs is 1. The molecule has 1 saturated carbocycles. The molecule has 0 aromatic carbocycles. The predicted molar refractivity (Wildman–Crippen MR) is 133 cm³/mol. The van der Waals surface area contributed by atoms with Crippen LogP contribution in [0.15, 0.2) is 36.7 Å². The number of rotatable bonds is 7. The molecule has 1 saturated heterocycles. The summed E-state index contributed by atoms with van der Waals surface area (Å²) in [4.78, 5) is 17.5.